The quantitative estimate of drug-likeness (QED) is 0.797. The third-order valence-corrected chi connectivity index (χ3v) is 5.81. The Kier molecular flexibility index (Phi) is 5.09. The van der Waals surface area contributed by atoms with Gasteiger partial charge in [-0.25, -0.2) is 4.79 Å². The van der Waals surface area contributed by atoms with E-state index in [-0.39, 0.29) is 18.4 Å². The number of aryl methyl sites for hydroxylation is 2. The normalized spacial score (nSPS) is 21.1. The first kappa shape index (κ1) is 19.2. The lowest BCUT2D eigenvalue weighted by Crippen LogP contribution is -2.47. The number of hydrogen-bond acceptors (Lipinski definition) is 3. The van der Waals surface area contributed by atoms with Crippen LogP contribution in [0.5, 0.6) is 0 Å². The second-order valence-electron chi connectivity index (χ2n) is 7.92. The molecule has 0 unspecified atom stereocenters. The van der Waals surface area contributed by atoms with Gasteiger partial charge in [-0.05, 0) is 49.8 Å². The van der Waals surface area contributed by atoms with Crippen molar-refractivity contribution in [2.45, 2.75) is 38.1 Å². The first-order valence-corrected chi connectivity index (χ1v) is 10.0. The number of amides is 4. The molecule has 2 aliphatic rings. The zero-order valence-electron chi connectivity index (χ0n) is 16.6. The highest BCUT2D eigenvalue weighted by Crippen LogP contribution is 2.28. The SMILES string of the molecule is C[C@]1(CCc2ccccc2)NC(=O)N(CC(=O)N2CCCc3ccccc32)C1=O. The number of urea groups is 1. The van der Waals surface area contributed by atoms with Crippen LogP contribution >= 0.6 is 0 Å². The van der Waals surface area contributed by atoms with Gasteiger partial charge in [0.15, 0.2) is 0 Å². The highest BCUT2D eigenvalue weighted by atomic mass is 16.2. The lowest BCUT2D eigenvalue weighted by atomic mass is 9.93. The highest BCUT2D eigenvalue weighted by molar-refractivity contribution is 6.10. The van der Waals surface area contributed by atoms with Crippen molar-refractivity contribution < 1.29 is 14.4 Å². The molecule has 29 heavy (non-hydrogen) atoms. The van der Waals surface area contributed by atoms with Crippen LogP contribution in [0.4, 0.5) is 10.5 Å². The molecule has 0 aliphatic carbocycles. The molecule has 2 aromatic carbocycles. The van der Waals surface area contributed by atoms with Crippen molar-refractivity contribution in [2.24, 2.45) is 0 Å². The molecule has 2 aliphatic heterocycles. The summed E-state index contributed by atoms with van der Waals surface area (Å²) in [7, 11) is 0. The monoisotopic (exact) mass is 391 g/mol. The topological polar surface area (TPSA) is 69.7 Å². The molecule has 1 fully saturated rings. The van der Waals surface area contributed by atoms with Gasteiger partial charge < -0.3 is 10.2 Å². The summed E-state index contributed by atoms with van der Waals surface area (Å²) < 4.78 is 0. The van der Waals surface area contributed by atoms with Gasteiger partial charge in [-0.15, -0.1) is 0 Å². The predicted molar refractivity (Wildman–Crippen MR) is 111 cm³/mol. The smallest absolute Gasteiger partial charge is 0.323 e. The molecule has 4 rings (SSSR count). The summed E-state index contributed by atoms with van der Waals surface area (Å²) in [5, 5.41) is 2.79. The Labute approximate surface area is 170 Å². The minimum Gasteiger partial charge on any atom is -0.323 e. The number of anilines is 1. The van der Waals surface area contributed by atoms with E-state index in [1.807, 2.05) is 54.6 Å². The maximum Gasteiger partial charge on any atom is 0.325 e. The molecular formula is C23H25N3O3. The molecule has 1 N–H and O–H groups in total. The Morgan fingerprint density at radius 2 is 1.79 bits per heavy atom. The second-order valence-corrected chi connectivity index (χ2v) is 7.92. The molecule has 0 spiro atoms. The van der Waals surface area contributed by atoms with E-state index in [9.17, 15) is 14.4 Å². The maximum atomic E-state index is 13.0. The third kappa shape index (κ3) is 3.75. The van der Waals surface area contributed by atoms with Crippen molar-refractivity contribution in [3.05, 3.63) is 65.7 Å². The van der Waals surface area contributed by atoms with Crippen LogP contribution in [0.1, 0.15) is 30.9 Å². The summed E-state index contributed by atoms with van der Waals surface area (Å²) >= 11 is 0. The van der Waals surface area contributed by atoms with Gasteiger partial charge in [0.25, 0.3) is 5.91 Å². The summed E-state index contributed by atoms with van der Waals surface area (Å²) in [6, 6.07) is 17.2. The molecule has 2 aromatic rings. The lowest BCUT2D eigenvalue weighted by Gasteiger charge is -2.30. The Balaban J connectivity index is 1.45. The summed E-state index contributed by atoms with van der Waals surface area (Å²) in [5.41, 5.74) is 2.11. The molecule has 2 heterocycles. The van der Waals surface area contributed by atoms with E-state index in [0.29, 0.717) is 19.4 Å². The van der Waals surface area contributed by atoms with Gasteiger partial charge in [0.05, 0.1) is 0 Å². The van der Waals surface area contributed by atoms with Crippen molar-refractivity contribution in [1.29, 1.82) is 0 Å². The number of carbonyl (C=O) groups is 3. The lowest BCUT2D eigenvalue weighted by molar-refractivity contribution is -0.134. The van der Waals surface area contributed by atoms with Crippen LogP contribution in [0, 0.1) is 0 Å². The highest BCUT2D eigenvalue weighted by Gasteiger charge is 2.48. The van der Waals surface area contributed by atoms with Gasteiger partial charge in [0.1, 0.15) is 12.1 Å². The average molecular weight is 391 g/mol. The molecule has 1 atom stereocenters. The molecule has 6 heteroatoms. The maximum absolute atomic E-state index is 13.0. The molecule has 0 saturated carbocycles. The first-order valence-electron chi connectivity index (χ1n) is 10.0. The van der Waals surface area contributed by atoms with Crippen LogP contribution in [0.3, 0.4) is 0 Å². The molecule has 4 amide bonds. The summed E-state index contributed by atoms with van der Waals surface area (Å²) in [6.45, 7) is 2.10. The van der Waals surface area contributed by atoms with E-state index >= 15 is 0 Å². The standard InChI is InChI=1S/C23H25N3O3/c1-23(14-13-17-8-3-2-4-9-17)21(28)26(22(29)24-23)16-20(27)25-15-7-11-18-10-5-6-12-19(18)25/h2-6,8-10,12H,7,11,13-16H2,1H3,(H,24,29)/t23-/m1/s1. The molecular weight excluding hydrogens is 366 g/mol. The summed E-state index contributed by atoms with van der Waals surface area (Å²) in [5.74, 6) is -0.565. The first-order chi connectivity index (χ1) is 14.0. The molecule has 0 aromatic heterocycles. The van der Waals surface area contributed by atoms with E-state index in [0.717, 1.165) is 34.6 Å². The number of carbonyl (C=O) groups excluding carboxylic acids is 3. The average Bonchev–Trinajstić information content (AvgIpc) is 2.96. The van der Waals surface area contributed by atoms with E-state index < -0.39 is 11.6 Å². The number of para-hydroxylation sites is 1. The van der Waals surface area contributed by atoms with Crippen molar-refractivity contribution in [3.63, 3.8) is 0 Å². The third-order valence-electron chi connectivity index (χ3n) is 5.81. The van der Waals surface area contributed by atoms with Gasteiger partial charge in [0.2, 0.25) is 5.91 Å². The van der Waals surface area contributed by atoms with Gasteiger partial charge in [-0.2, -0.15) is 0 Å². The minimum atomic E-state index is -0.993. The molecule has 150 valence electrons. The number of nitrogens with zero attached hydrogens (tertiary/aromatic N) is 2. The molecule has 0 bridgehead atoms. The number of imide groups is 1. The fraction of sp³-hybridized carbons (Fsp3) is 0.348. The van der Waals surface area contributed by atoms with Crippen LogP contribution in [0.2, 0.25) is 0 Å². The number of benzene rings is 2. The Morgan fingerprint density at radius 3 is 2.59 bits per heavy atom. The van der Waals surface area contributed by atoms with Crippen LogP contribution in [0.25, 0.3) is 0 Å². The van der Waals surface area contributed by atoms with Gasteiger partial charge in [-0.1, -0.05) is 48.5 Å². The molecule has 0 radical (unpaired) electrons. The largest absolute Gasteiger partial charge is 0.325 e. The zero-order chi connectivity index (χ0) is 20.4. The van der Waals surface area contributed by atoms with E-state index in [1.165, 1.54) is 0 Å². The van der Waals surface area contributed by atoms with E-state index in [4.69, 9.17) is 0 Å². The zero-order valence-corrected chi connectivity index (χ0v) is 16.6. The second kappa shape index (κ2) is 7.70. The van der Waals surface area contributed by atoms with Crippen molar-refractivity contribution >= 4 is 23.5 Å². The fourth-order valence-corrected chi connectivity index (χ4v) is 4.11. The Morgan fingerprint density at radius 1 is 1.07 bits per heavy atom. The number of hydrogen-bond donors (Lipinski definition) is 1. The van der Waals surface area contributed by atoms with Gasteiger partial charge in [0, 0.05) is 12.2 Å². The molecule has 6 nitrogen and oxygen atoms in total. The Hall–Kier alpha value is -3.15. The number of rotatable bonds is 5. The molecule has 1 saturated heterocycles. The van der Waals surface area contributed by atoms with Crippen molar-refractivity contribution in [1.82, 2.24) is 10.2 Å². The predicted octanol–water partition coefficient (Wildman–Crippen LogP) is 2.91. The van der Waals surface area contributed by atoms with E-state index in [1.54, 1.807) is 11.8 Å². The van der Waals surface area contributed by atoms with Crippen LogP contribution in [-0.2, 0) is 22.4 Å². The number of fused-ring (bicyclic) bond motifs is 1. The summed E-state index contributed by atoms with van der Waals surface area (Å²) in [6.07, 6.45) is 2.96. The van der Waals surface area contributed by atoms with Gasteiger partial charge in [-0.3, -0.25) is 14.5 Å². The van der Waals surface area contributed by atoms with Crippen molar-refractivity contribution in [2.75, 3.05) is 18.0 Å². The van der Waals surface area contributed by atoms with Crippen LogP contribution < -0.4 is 10.2 Å². The van der Waals surface area contributed by atoms with Crippen LogP contribution in [-0.4, -0.2) is 41.4 Å². The number of nitrogens with one attached hydrogen (secondary N) is 1. The fourth-order valence-electron chi connectivity index (χ4n) is 4.11. The summed E-state index contributed by atoms with van der Waals surface area (Å²) in [4.78, 5) is 41.2. The Bertz CT molecular complexity index is 943. The van der Waals surface area contributed by atoms with Gasteiger partial charge >= 0.3 is 6.03 Å². The van der Waals surface area contributed by atoms with E-state index in [2.05, 4.69) is 5.32 Å². The van der Waals surface area contributed by atoms with Crippen molar-refractivity contribution in [3.8, 4) is 0 Å². The van der Waals surface area contributed by atoms with Crippen LogP contribution in [0.15, 0.2) is 54.6 Å². The minimum absolute atomic E-state index is 0.229.